The molecule has 1 fully saturated rings. The van der Waals surface area contributed by atoms with Crippen molar-refractivity contribution in [3.63, 3.8) is 0 Å². The van der Waals surface area contributed by atoms with Crippen molar-refractivity contribution in [3.8, 4) is 0 Å². The number of nitrogens with two attached hydrogens (primary N) is 2. The second kappa shape index (κ2) is 3.34. The standard InChI is InChI=1S/C10H15N3/c11-5-7-4-9(12)10(13-6-7)8-2-1-3-8/h4,6,8H,1-3,5,11-12H2. The van der Waals surface area contributed by atoms with Crippen LogP contribution in [0.5, 0.6) is 0 Å². The third-order valence-electron chi connectivity index (χ3n) is 2.73. The zero-order chi connectivity index (χ0) is 9.26. The van der Waals surface area contributed by atoms with Crippen LogP contribution in [0.1, 0.15) is 36.4 Å². The van der Waals surface area contributed by atoms with Gasteiger partial charge in [-0.25, -0.2) is 0 Å². The van der Waals surface area contributed by atoms with Gasteiger partial charge in [0.15, 0.2) is 0 Å². The predicted octanol–water partition coefficient (Wildman–Crippen LogP) is 1.39. The van der Waals surface area contributed by atoms with Gasteiger partial charge in [0.2, 0.25) is 0 Å². The van der Waals surface area contributed by atoms with Gasteiger partial charge in [0.1, 0.15) is 0 Å². The van der Waals surface area contributed by atoms with Crippen LogP contribution in [0.15, 0.2) is 12.3 Å². The Bertz CT molecular complexity index is 305. The Balaban J connectivity index is 2.26. The van der Waals surface area contributed by atoms with Crippen molar-refractivity contribution in [2.45, 2.75) is 31.7 Å². The minimum Gasteiger partial charge on any atom is -0.397 e. The van der Waals surface area contributed by atoms with E-state index in [1.54, 1.807) is 0 Å². The molecule has 0 saturated heterocycles. The quantitative estimate of drug-likeness (QED) is 0.717. The molecule has 0 unspecified atom stereocenters. The minimum atomic E-state index is 0.516. The summed E-state index contributed by atoms with van der Waals surface area (Å²) in [5.41, 5.74) is 14.3. The van der Waals surface area contributed by atoms with Crippen molar-refractivity contribution >= 4 is 5.69 Å². The average Bonchev–Trinajstić information content (AvgIpc) is 2.05. The Morgan fingerprint density at radius 2 is 2.23 bits per heavy atom. The van der Waals surface area contributed by atoms with Gasteiger partial charge >= 0.3 is 0 Å². The first-order chi connectivity index (χ1) is 6.31. The highest BCUT2D eigenvalue weighted by atomic mass is 14.8. The minimum absolute atomic E-state index is 0.516. The van der Waals surface area contributed by atoms with Crippen molar-refractivity contribution < 1.29 is 0 Å². The average molecular weight is 177 g/mol. The Morgan fingerprint density at radius 1 is 1.46 bits per heavy atom. The monoisotopic (exact) mass is 177 g/mol. The van der Waals surface area contributed by atoms with Crippen LogP contribution < -0.4 is 11.5 Å². The smallest absolute Gasteiger partial charge is 0.0663 e. The Hall–Kier alpha value is -1.09. The number of rotatable bonds is 2. The maximum atomic E-state index is 5.89. The molecule has 0 aliphatic heterocycles. The van der Waals surface area contributed by atoms with E-state index in [9.17, 15) is 0 Å². The van der Waals surface area contributed by atoms with E-state index in [0.29, 0.717) is 12.5 Å². The molecule has 13 heavy (non-hydrogen) atoms. The molecule has 1 heterocycles. The molecule has 70 valence electrons. The van der Waals surface area contributed by atoms with Crippen molar-refractivity contribution in [3.05, 3.63) is 23.5 Å². The molecule has 1 aromatic heterocycles. The lowest BCUT2D eigenvalue weighted by Gasteiger charge is -2.25. The van der Waals surface area contributed by atoms with Crippen molar-refractivity contribution in [1.82, 2.24) is 4.98 Å². The summed E-state index contributed by atoms with van der Waals surface area (Å²) in [7, 11) is 0. The third kappa shape index (κ3) is 1.52. The molecular weight excluding hydrogens is 162 g/mol. The molecule has 1 saturated carbocycles. The van der Waals surface area contributed by atoms with Crippen LogP contribution in [0.25, 0.3) is 0 Å². The van der Waals surface area contributed by atoms with Crippen molar-refractivity contribution in [1.29, 1.82) is 0 Å². The van der Waals surface area contributed by atoms with Gasteiger partial charge in [0, 0.05) is 18.7 Å². The molecule has 3 heteroatoms. The van der Waals surface area contributed by atoms with Gasteiger partial charge in [-0.05, 0) is 24.5 Å². The van der Waals surface area contributed by atoms with Gasteiger partial charge in [-0.2, -0.15) is 0 Å². The van der Waals surface area contributed by atoms with Gasteiger partial charge in [-0.15, -0.1) is 0 Å². The molecule has 3 nitrogen and oxygen atoms in total. The Labute approximate surface area is 78.1 Å². The van der Waals surface area contributed by atoms with E-state index >= 15 is 0 Å². The Kier molecular flexibility index (Phi) is 2.19. The van der Waals surface area contributed by atoms with E-state index in [0.717, 1.165) is 16.9 Å². The molecule has 0 aromatic carbocycles. The first kappa shape index (κ1) is 8.51. The molecule has 0 amide bonds. The van der Waals surface area contributed by atoms with Crippen molar-refractivity contribution in [2.75, 3.05) is 5.73 Å². The molecule has 1 aromatic rings. The van der Waals surface area contributed by atoms with E-state index in [-0.39, 0.29) is 0 Å². The first-order valence-electron chi connectivity index (χ1n) is 4.75. The summed E-state index contributed by atoms with van der Waals surface area (Å²) < 4.78 is 0. The van der Waals surface area contributed by atoms with Gasteiger partial charge in [0.05, 0.1) is 11.4 Å². The number of nitrogens with zero attached hydrogens (tertiary/aromatic N) is 1. The number of aromatic nitrogens is 1. The fourth-order valence-electron chi connectivity index (χ4n) is 1.67. The van der Waals surface area contributed by atoms with E-state index in [1.165, 1.54) is 19.3 Å². The van der Waals surface area contributed by atoms with Crippen LogP contribution in [0.3, 0.4) is 0 Å². The maximum absolute atomic E-state index is 5.89. The lowest BCUT2D eigenvalue weighted by Crippen LogP contribution is -2.13. The predicted molar refractivity (Wildman–Crippen MR) is 53.1 cm³/mol. The normalized spacial score (nSPS) is 17.0. The molecule has 0 spiro atoms. The highest BCUT2D eigenvalue weighted by Crippen LogP contribution is 2.37. The summed E-state index contributed by atoms with van der Waals surface area (Å²) in [6.45, 7) is 0.516. The Morgan fingerprint density at radius 3 is 2.69 bits per heavy atom. The summed E-state index contributed by atoms with van der Waals surface area (Å²) in [4.78, 5) is 4.37. The van der Waals surface area contributed by atoms with Crippen LogP contribution >= 0.6 is 0 Å². The van der Waals surface area contributed by atoms with Crippen LogP contribution in [0.4, 0.5) is 5.69 Å². The van der Waals surface area contributed by atoms with Crippen LogP contribution in [-0.2, 0) is 6.54 Å². The molecule has 1 aliphatic carbocycles. The van der Waals surface area contributed by atoms with Crippen LogP contribution in [0, 0.1) is 0 Å². The fraction of sp³-hybridized carbons (Fsp3) is 0.500. The SMILES string of the molecule is NCc1cnc(C2CCC2)c(N)c1. The summed E-state index contributed by atoms with van der Waals surface area (Å²) in [5, 5.41) is 0. The van der Waals surface area contributed by atoms with Gasteiger partial charge in [-0.3, -0.25) is 4.98 Å². The van der Waals surface area contributed by atoms with Gasteiger partial charge in [0.25, 0.3) is 0 Å². The summed E-state index contributed by atoms with van der Waals surface area (Å²) in [6.07, 6.45) is 5.62. The number of hydrogen-bond acceptors (Lipinski definition) is 3. The van der Waals surface area contributed by atoms with E-state index in [1.807, 2.05) is 12.3 Å². The van der Waals surface area contributed by atoms with E-state index in [2.05, 4.69) is 4.98 Å². The molecular formula is C10H15N3. The zero-order valence-electron chi connectivity index (χ0n) is 7.66. The topological polar surface area (TPSA) is 64.9 Å². The van der Waals surface area contributed by atoms with E-state index < -0.39 is 0 Å². The van der Waals surface area contributed by atoms with Crippen molar-refractivity contribution in [2.24, 2.45) is 5.73 Å². The highest BCUT2D eigenvalue weighted by Gasteiger charge is 2.22. The molecule has 2 rings (SSSR count). The van der Waals surface area contributed by atoms with Gasteiger partial charge < -0.3 is 11.5 Å². The number of pyridine rings is 1. The largest absolute Gasteiger partial charge is 0.397 e. The van der Waals surface area contributed by atoms with Gasteiger partial charge in [-0.1, -0.05) is 6.42 Å². The molecule has 4 N–H and O–H groups in total. The first-order valence-corrected chi connectivity index (χ1v) is 4.75. The maximum Gasteiger partial charge on any atom is 0.0663 e. The molecule has 0 bridgehead atoms. The third-order valence-corrected chi connectivity index (χ3v) is 2.73. The lowest BCUT2D eigenvalue weighted by atomic mass is 9.82. The molecule has 0 atom stereocenters. The number of hydrogen-bond donors (Lipinski definition) is 2. The number of anilines is 1. The second-order valence-electron chi connectivity index (χ2n) is 3.65. The zero-order valence-corrected chi connectivity index (χ0v) is 7.66. The summed E-state index contributed by atoms with van der Waals surface area (Å²) >= 11 is 0. The lowest BCUT2D eigenvalue weighted by molar-refractivity contribution is 0.412. The van der Waals surface area contributed by atoms with Crippen LogP contribution in [0.2, 0.25) is 0 Å². The summed E-state index contributed by atoms with van der Waals surface area (Å²) in [5.74, 6) is 0.604. The highest BCUT2D eigenvalue weighted by molar-refractivity contribution is 5.47. The fourth-order valence-corrected chi connectivity index (χ4v) is 1.67. The summed E-state index contributed by atoms with van der Waals surface area (Å²) in [6, 6.07) is 1.95. The molecule has 0 radical (unpaired) electrons. The molecule has 1 aliphatic rings. The number of nitrogen functional groups attached to an aromatic ring is 1. The van der Waals surface area contributed by atoms with E-state index in [4.69, 9.17) is 11.5 Å². The second-order valence-corrected chi connectivity index (χ2v) is 3.65. The van der Waals surface area contributed by atoms with Crippen LogP contribution in [-0.4, -0.2) is 4.98 Å².